The number of fused-ring (bicyclic) bond motifs is 1. The van der Waals surface area contributed by atoms with Gasteiger partial charge in [0, 0.05) is 19.8 Å². The van der Waals surface area contributed by atoms with Gasteiger partial charge in [-0.15, -0.1) is 11.6 Å². The van der Waals surface area contributed by atoms with Crippen LogP contribution < -0.4 is 4.74 Å². The molecule has 0 aliphatic rings. The summed E-state index contributed by atoms with van der Waals surface area (Å²) in [5.74, 6) is 1.70. The van der Waals surface area contributed by atoms with Gasteiger partial charge in [0.25, 0.3) is 0 Å². The van der Waals surface area contributed by atoms with Crippen molar-refractivity contribution in [1.82, 2.24) is 9.55 Å². The van der Waals surface area contributed by atoms with Crippen LogP contribution in [0, 0.1) is 0 Å². The zero-order chi connectivity index (χ0) is 15.2. The molecule has 21 heavy (non-hydrogen) atoms. The number of alkyl halides is 1. The molecule has 1 heterocycles. The lowest BCUT2D eigenvalue weighted by molar-refractivity contribution is 0.141. The second-order valence-electron chi connectivity index (χ2n) is 4.85. The topological polar surface area (TPSA) is 36.3 Å². The predicted octanol–water partition coefficient (Wildman–Crippen LogP) is 4.16. The van der Waals surface area contributed by atoms with E-state index in [4.69, 9.17) is 26.1 Å². The van der Waals surface area contributed by atoms with Crippen LogP contribution in [0.15, 0.2) is 18.2 Å². The first-order valence-electron chi connectivity index (χ1n) is 7.52. The zero-order valence-corrected chi connectivity index (χ0v) is 13.7. The van der Waals surface area contributed by atoms with Crippen LogP contribution in [0.4, 0.5) is 0 Å². The van der Waals surface area contributed by atoms with Gasteiger partial charge in [0.15, 0.2) is 0 Å². The van der Waals surface area contributed by atoms with E-state index >= 15 is 0 Å². The Kier molecular flexibility index (Phi) is 5.88. The lowest BCUT2D eigenvalue weighted by Gasteiger charge is -2.10. The van der Waals surface area contributed by atoms with Gasteiger partial charge < -0.3 is 14.0 Å². The molecule has 0 saturated heterocycles. The van der Waals surface area contributed by atoms with Gasteiger partial charge in [0.2, 0.25) is 0 Å². The second-order valence-corrected chi connectivity index (χ2v) is 5.50. The summed E-state index contributed by atoms with van der Waals surface area (Å²) in [4.78, 5) is 4.69. The van der Waals surface area contributed by atoms with E-state index in [2.05, 4.69) is 10.6 Å². The van der Waals surface area contributed by atoms with E-state index < -0.39 is 0 Å². The Hall–Kier alpha value is -1.26. The van der Waals surface area contributed by atoms with E-state index in [0.717, 1.165) is 48.8 Å². The van der Waals surface area contributed by atoms with Crippen molar-refractivity contribution in [3.05, 3.63) is 24.0 Å². The third-order valence-corrected chi connectivity index (χ3v) is 3.50. The Morgan fingerprint density at radius 2 is 2.10 bits per heavy atom. The number of hydrogen-bond donors (Lipinski definition) is 0. The number of rotatable bonds is 8. The normalized spacial score (nSPS) is 12.8. The number of ether oxygens (including phenoxy) is 2. The van der Waals surface area contributed by atoms with Crippen LogP contribution in [0.3, 0.4) is 0 Å². The van der Waals surface area contributed by atoms with E-state index in [1.54, 1.807) is 0 Å². The van der Waals surface area contributed by atoms with E-state index in [1.165, 1.54) is 0 Å². The fraction of sp³-hybridized carbons (Fsp3) is 0.562. The molecular weight excluding hydrogens is 288 g/mol. The maximum atomic E-state index is 6.29. The van der Waals surface area contributed by atoms with Crippen LogP contribution in [-0.4, -0.2) is 29.4 Å². The molecule has 2 aromatic rings. The first-order chi connectivity index (χ1) is 10.2. The number of imidazole rings is 1. The van der Waals surface area contributed by atoms with Gasteiger partial charge in [0.05, 0.1) is 17.5 Å². The van der Waals surface area contributed by atoms with Crippen LogP contribution in [0.25, 0.3) is 11.0 Å². The number of hydrogen-bond acceptors (Lipinski definition) is 3. The van der Waals surface area contributed by atoms with E-state index in [9.17, 15) is 0 Å². The Labute approximate surface area is 131 Å². The standard InChI is InChI=1S/C16H23ClN2O2/c1-4-20-11-7-10-19-13-8-6-9-14(21-5-2)15(13)18-16(19)12(3)17/h6,8-9,12H,4-5,7,10-11H2,1-3H3. The molecule has 2 rings (SSSR count). The van der Waals surface area contributed by atoms with Gasteiger partial charge in [-0.25, -0.2) is 4.98 Å². The van der Waals surface area contributed by atoms with Crippen LogP contribution in [0.1, 0.15) is 38.4 Å². The molecule has 116 valence electrons. The Balaban J connectivity index is 2.36. The molecule has 0 aliphatic carbocycles. The number of halogens is 1. The summed E-state index contributed by atoms with van der Waals surface area (Å²) in [7, 11) is 0. The average Bonchev–Trinajstić information content (AvgIpc) is 2.84. The third kappa shape index (κ3) is 3.69. The van der Waals surface area contributed by atoms with Crippen molar-refractivity contribution in [2.75, 3.05) is 19.8 Å². The molecule has 0 radical (unpaired) electrons. The molecular formula is C16H23ClN2O2. The molecule has 0 spiro atoms. The molecule has 0 saturated carbocycles. The van der Waals surface area contributed by atoms with Gasteiger partial charge in [-0.3, -0.25) is 0 Å². The summed E-state index contributed by atoms with van der Waals surface area (Å²) in [6.07, 6.45) is 0.939. The highest BCUT2D eigenvalue weighted by Gasteiger charge is 2.17. The minimum absolute atomic E-state index is 0.140. The Bertz CT molecular complexity index is 581. The van der Waals surface area contributed by atoms with Gasteiger partial charge in [-0.2, -0.15) is 0 Å². The van der Waals surface area contributed by atoms with Crippen molar-refractivity contribution in [3.8, 4) is 5.75 Å². The molecule has 0 aliphatic heterocycles. The van der Waals surface area contributed by atoms with Gasteiger partial charge in [0.1, 0.15) is 17.1 Å². The average molecular weight is 311 g/mol. The van der Waals surface area contributed by atoms with Crippen molar-refractivity contribution in [3.63, 3.8) is 0 Å². The number of aryl methyl sites for hydroxylation is 1. The van der Waals surface area contributed by atoms with Crippen molar-refractivity contribution in [2.45, 2.75) is 39.1 Å². The van der Waals surface area contributed by atoms with Crippen LogP contribution in [-0.2, 0) is 11.3 Å². The predicted molar refractivity (Wildman–Crippen MR) is 86.3 cm³/mol. The number of para-hydroxylation sites is 1. The quantitative estimate of drug-likeness (QED) is 0.542. The number of aromatic nitrogens is 2. The molecule has 1 aromatic heterocycles. The van der Waals surface area contributed by atoms with Gasteiger partial charge in [-0.1, -0.05) is 6.07 Å². The van der Waals surface area contributed by atoms with Crippen molar-refractivity contribution in [1.29, 1.82) is 0 Å². The highest BCUT2D eigenvalue weighted by atomic mass is 35.5. The first-order valence-corrected chi connectivity index (χ1v) is 7.96. The molecule has 1 unspecified atom stereocenters. The zero-order valence-electron chi connectivity index (χ0n) is 12.9. The minimum atomic E-state index is -0.140. The summed E-state index contributed by atoms with van der Waals surface area (Å²) in [5.41, 5.74) is 1.96. The molecule has 0 amide bonds. The van der Waals surface area contributed by atoms with E-state index in [-0.39, 0.29) is 5.38 Å². The van der Waals surface area contributed by atoms with Crippen LogP contribution in [0.5, 0.6) is 5.75 Å². The van der Waals surface area contributed by atoms with Gasteiger partial charge >= 0.3 is 0 Å². The maximum absolute atomic E-state index is 6.29. The summed E-state index contributed by atoms with van der Waals surface area (Å²) < 4.78 is 13.3. The van der Waals surface area contributed by atoms with Crippen LogP contribution >= 0.6 is 11.6 Å². The molecule has 0 N–H and O–H groups in total. The fourth-order valence-corrected chi connectivity index (χ4v) is 2.59. The fourth-order valence-electron chi connectivity index (χ4n) is 2.42. The molecule has 5 heteroatoms. The van der Waals surface area contributed by atoms with E-state index in [1.807, 2.05) is 32.9 Å². The van der Waals surface area contributed by atoms with Crippen LogP contribution in [0.2, 0.25) is 0 Å². The maximum Gasteiger partial charge on any atom is 0.147 e. The van der Waals surface area contributed by atoms with E-state index in [0.29, 0.717) is 6.61 Å². The molecule has 0 fully saturated rings. The molecule has 4 nitrogen and oxygen atoms in total. The highest BCUT2D eigenvalue weighted by Crippen LogP contribution is 2.30. The van der Waals surface area contributed by atoms with Crippen molar-refractivity contribution >= 4 is 22.6 Å². The summed E-state index contributed by atoms with van der Waals surface area (Å²) in [6.45, 7) is 8.90. The summed E-state index contributed by atoms with van der Waals surface area (Å²) >= 11 is 6.29. The largest absolute Gasteiger partial charge is 0.492 e. The van der Waals surface area contributed by atoms with Crippen molar-refractivity contribution < 1.29 is 9.47 Å². The summed E-state index contributed by atoms with van der Waals surface area (Å²) in [5, 5.41) is -0.140. The second kappa shape index (κ2) is 7.66. The minimum Gasteiger partial charge on any atom is -0.492 e. The molecule has 1 atom stereocenters. The number of benzene rings is 1. The third-order valence-electron chi connectivity index (χ3n) is 3.30. The first kappa shape index (κ1) is 16.1. The summed E-state index contributed by atoms with van der Waals surface area (Å²) in [6, 6.07) is 6.01. The smallest absolute Gasteiger partial charge is 0.147 e. The number of nitrogens with zero attached hydrogens (tertiary/aromatic N) is 2. The lowest BCUT2D eigenvalue weighted by Crippen LogP contribution is -2.07. The SMILES string of the molecule is CCOCCCn1c(C(C)Cl)nc2c(OCC)cccc21. The molecule has 1 aromatic carbocycles. The molecule has 0 bridgehead atoms. The highest BCUT2D eigenvalue weighted by molar-refractivity contribution is 6.20. The lowest BCUT2D eigenvalue weighted by atomic mass is 10.3. The van der Waals surface area contributed by atoms with Gasteiger partial charge in [-0.05, 0) is 39.3 Å². The Morgan fingerprint density at radius 1 is 1.29 bits per heavy atom. The van der Waals surface area contributed by atoms with Crippen molar-refractivity contribution in [2.24, 2.45) is 0 Å². The monoisotopic (exact) mass is 310 g/mol. The Morgan fingerprint density at radius 3 is 2.76 bits per heavy atom.